The maximum atomic E-state index is 5.44. The SMILES string of the molecule is CC(C)NCc1cc(N2CCOCC2)nc2ccccc12. The first-order valence-corrected chi connectivity index (χ1v) is 7.69. The fourth-order valence-electron chi connectivity index (χ4n) is 2.65. The molecule has 1 saturated heterocycles. The number of hydrogen-bond acceptors (Lipinski definition) is 4. The Morgan fingerprint density at radius 3 is 2.76 bits per heavy atom. The monoisotopic (exact) mass is 285 g/mol. The molecule has 0 atom stereocenters. The average molecular weight is 285 g/mol. The van der Waals surface area contributed by atoms with Crippen molar-refractivity contribution in [1.29, 1.82) is 0 Å². The van der Waals surface area contributed by atoms with Crippen LogP contribution in [-0.4, -0.2) is 37.3 Å². The number of benzene rings is 1. The second kappa shape index (κ2) is 6.41. The number of rotatable bonds is 4. The Morgan fingerprint density at radius 2 is 2.00 bits per heavy atom. The minimum atomic E-state index is 0.476. The second-order valence-electron chi connectivity index (χ2n) is 5.79. The Morgan fingerprint density at radius 1 is 1.24 bits per heavy atom. The number of ether oxygens (including phenoxy) is 1. The predicted molar refractivity (Wildman–Crippen MR) is 86.8 cm³/mol. The van der Waals surface area contributed by atoms with Crippen molar-refractivity contribution in [2.75, 3.05) is 31.2 Å². The quantitative estimate of drug-likeness (QED) is 0.937. The molecule has 1 aromatic carbocycles. The minimum Gasteiger partial charge on any atom is -0.378 e. The highest BCUT2D eigenvalue weighted by Gasteiger charge is 2.14. The van der Waals surface area contributed by atoms with Crippen LogP contribution in [-0.2, 0) is 11.3 Å². The normalized spacial score (nSPS) is 15.9. The fraction of sp³-hybridized carbons (Fsp3) is 0.471. The molecule has 21 heavy (non-hydrogen) atoms. The smallest absolute Gasteiger partial charge is 0.129 e. The van der Waals surface area contributed by atoms with E-state index in [0.29, 0.717) is 6.04 Å². The summed E-state index contributed by atoms with van der Waals surface area (Å²) >= 11 is 0. The molecule has 1 aliphatic heterocycles. The highest BCUT2D eigenvalue weighted by Crippen LogP contribution is 2.23. The molecule has 1 aromatic heterocycles. The third kappa shape index (κ3) is 3.34. The molecule has 112 valence electrons. The Bertz CT molecular complexity index is 606. The molecule has 1 aliphatic rings. The molecule has 0 radical (unpaired) electrons. The zero-order valence-electron chi connectivity index (χ0n) is 12.8. The lowest BCUT2D eigenvalue weighted by atomic mass is 10.1. The van der Waals surface area contributed by atoms with Crippen LogP contribution in [0.5, 0.6) is 0 Å². The molecule has 0 aliphatic carbocycles. The molecule has 4 heteroatoms. The molecule has 0 amide bonds. The van der Waals surface area contributed by atoms with Gasteiger partial charge in [-0.25, -0.2) is 4.98 Å². The van der Waals surface area contributed by atoms with Gasteiger partial charge in [0.05, 0.1) is 18.7 Å². The van der Waals surface area contributed by atoms with Gasteiger partial charge in [-0.3, -0.25) is 0 Å². The summed E-state index contributed by atoms with van der Waals surface area (Å²) in [7, 11) is 0. The van der Waals surface area contributed by atoms with Gasteiger partial charge in [0.1, 0.15) is 5.82 Å². The Balaban J connectivity index is 1.97. The number of para-hydroxylation sites is 1. The van der Waals surface area contributed by atoms with Crippen LogP contribution < -0.4 is 10.2 Å². The summed E-state index contributed by atoms with van der Waals surface area (Å²) in [5, 5.41) is 4.75. The van der Waals surface area contributed by atoms with Crippen molar-refractivity contribution in [3.05, 3.63) is 35.9 Å². The van der Waals surface area contributed by atoms with E-state index in [1.165, 1.54) is 10.9 Å². The van der Waals surface area contributed by atoms with Gasteiger partial charge >= 0.3 is 0 Å². The van der Waals surface area contributed by atoms with Crippen molar-refractivity contribution < 1.29 is 4.74 Å². The predicted octanol–water partition coefficient (Wildman–Crippen LogP) is 2.57. The van der Waals surface area contributed by atoms with E-state index < -0.39 is 0 Å². The van der Waals surface area contributed by atoms with Crippen molar-refractivity contribution in [3.8, 4) is 0 Å². The van der Waals surface area contributed by atoms with E-state index >= 15 is 0 Å². The Hall–Kier alpha value is -1.65. The maximum absolute atomic E-state index is 5.44. The fourth-order valence-corrected chi connectivity index (χ4v) is 2.65. The molecule has 3 rings (SSSR count). The van der Waals surface area contributed by atoms with Crippen molar-refractivity contribution in [2.45, 2.75) is 26.4 Å². The van der Waals surface area contributed by atoms with Crippen LogP contribution in [0.1, 0.15) is 19.4 Å². The number of fused-ring (bicyclic) bond motifs is 1. The molecule has 1 N–H and O–H groups in total. The van der Waals surface area contributed by atoms with Crippen molar-refractivity contribution in [2.24, 2.45) is 0 Å². The van der Waals surface area contributed by atoms with Crippen molar-refractivity contribution in [1.82, 2.24) is 10.3 Å². The Kier molecular flexibility index (Phi) is 4.36. The number of nitrogens with one attached hydrogen (secondary N) is 1. The van der Waals surface area contributed by atoms with Crippen molar-refractivity contribution in [3.63, 3.8) is 0 Å². The second-order valence-corrected chi connectivity index (χ2v) is 5.79. The van der Waals surface area contributed by atoms with Gasteiger partial charge in [-0.1, -0.05) is 32.0 Å². The number of pyridine rings is 1. The summed E-state index contributed by atoms with van der Waals surface area (Å²) in [6.45, 7) is 8.63. The van der Waals surface area contributed by atoms with Crippen LogP contribution in [0.2, 0.25) is 0 Å². The molecule has 0 saturated carbocycles. The standard InChI is InChI=1S/C17H23N3O/c1-13(2)18-12-14-11-17(20-7-9-21-10-8-20)19-16-6-4-3-5-15(14)16/h3-6,11,13,18H,7-10,12H2,1-2H3. The first-order valence-electron chi connectivity index (χ1n) is 7.69. The van der Waals surface area contributed by atoms with E-state index in [0.717, 1.165) is 44.2 Å². The molecule has 2 heterocycles. The summed E-state index contributed by atoms with van der Waals surface area (Å²) in [5.41, 5.74) is 2.39. The zero-order valence-corrected chi connectivity index (χ0v) is 12.8. The van der Waals surface area contributed by atoms with Gasteiger partial charge in [-0.2, -0.15) is 0 Å². The summed E-state index contributed by atoms with van der Waals surface area (Å²) in [6.07, 6.45) is 0. The highest BCUT2D eigenvalue weighted by atomic mass is 16.5. The van der Waals surface area contributed by atoms with Crippen LogP contribution >= 0.6 is 0 Å². The van der Waals surface area contributed by atoms with Gasteiger partial charge in [-0.05, 0) is 17.7 Å². The van der Waals surface area contributed by atoms with E-state index in [2.05, 4.69) is 54.4 Å². The van der Waals surface area contributed by atoms with Gasteiger partial charge in [0.15, 0.2) is 0 Å². The number of hydrogen-bond donors (Lipinski definition) is 1. The first kappa shape index (κ1) is 14.3. The minimum absolute atomic E-state index is 0.476. The van der Waals surface area contributed by atoms with Gasteiger partial charge in [0.2, 0.25) is 0 Å². The average Bonchev–Trinajstić information content (AvgIpc) is 2.53. The number of aromatic nitrogens is 1. The lowest BCUT2D eigenvalue weighted by Gasteiger charge is -2.28. The van der Waals surface area contributed by atoms with Gasteiger partial charge in [0, 0.05) is 31.1 Å². The third-order valence-electron chi connectivity index (χ3n) is 3.82. The summed E-state index contributed by atoms with van der Waals surface area (Å²) in [6, 6.07) is 11.1. The number of morpholine rings is 1. The topological polar surface area (TPSA) is 37.4 Å². The lowest BCUT2D eigenvalue weighted by Crippen LogP contribution is -2.36. The molecule has 4 nitrogen and oxygen atoms in total. The van der Waals surface area contributed by atoms with Gasteiger partial charge in [0.25, 0.3) is 0 Å². The molecule has 0 bridgehead atoms. The lowest BCUT2D eigenvalue weighted by molar-refractivity contribution is 0.122. The van der Waals surface area contributed by atoms with E-state index in [4.69, 9.17) is 9.72 Å². The zero-order chi connectivity index (χ0) is 14.7. The maximum Gasteiger partial charge on any atom is 0.129 e. The highest BCUT2D eigenvalue weighted by molar-refractivity contribution is 5.84. The van der Waals surface area contributed by atoms with Crippen LogP contribution in [0.4, 0.5) is 5.82 Å². The van der Waals surface area contributed by atoms with Crippen LogP contribution in [0.25, 0.3) is 10.9 Å². The summed E-state index contributed by atoms with van der Waals surface area (Å²) < 4.78 is 5.44. The Labute approximate surface area is 126 Å². The first-order chi connectivity index (χ1) is 10.2. The molecule has 2 aromatic rings. The molecule has 0 spiro atoms. The number of nitrogens with zero attached hydrogens (tertiary/aromatic N) is 2. The van der Waals surface area contributed by atoms with Gasteiger partial charge < -0.3 is 15.0 Å². The largest absolute Gasteiger partial charge is 0.378 e. The van der Waals surface area contributed by atoms with Crippen LogP contribution in [0.3, 0.4) is 0 Å². The summed E-state index contributed by atoms with van der Waals surface area (Å²) in [4.78, 5) is 7.14. The molecule has 0 unspecified atom stereocenters. The van der Waals surface area contributed by atoms with E-state index in [1.54, 1.807) is 0 Å². The van der Waals surface area contributed by atoms with Crippen LogP contribution in [0.15, 0.2) is 30.3 Å². The van der Waals surface area contributed by atoms with E-state index in [-0.39, 0.29) is 0 Å². The van der Waals surface area contributed by atoms with E-state index in [1.807, 2.05) is 0 Å². The van der Waals surface area contributed by atoms with Crippen molar-refractivity contribution >= 4 is 16.7 Å². The molecular weight excluding hydrogens is 262 g/mol. The van der Waals surface area contributed by atoms with E-state index in [9.17, 15) is 0 Å². The van der Waals surface area contributed by atoms with Gasteiger partial charge in [-0.15, -0.1) is 0 Å². The number of anilines is 1. The van der Waals surface area contributed by atoms with Crippen LogP contribution in [0, 0.1) is 0 Å². The molecule has 1 fully saturated rings. The summed E-state index contributed by atoms with van der Waals surface area (Å²) in [5.74, 6) is 1.07. The molecular formula is C17H23N3O. The third-order valence-corrected chi connectivity index (χ3v) is 3.82.